The van der Waals surface area contributed by atoms with E-state index in [-0.39, 0.29) is 5.56 Å². The van der Waals surface area contributed by atoms with E-state index in [1.54, 1.807) is 7.05 Å². The van der Waals surface area contributed by atoms with Gasteiger partial charge < -0.3 is 4.90 Å². The van der Waals surface area contributed by atoms with Gasteiger partial charge in [-0.05, 0) is 29.3 Å². The molecule has 1 saturated heterocycles. The van der Waals surface area contributed by atoms with Crippen LogP contribution in [0.4, 0.5) is 5.95 Å². The third kappa shape index (κ3) is 4.55. The van der Waals surface area contributed by atoms with Crippen LogP contribution in [0, 0.1) is 0 Å². The molecule has 0 bridgehead atoms. The maximum Gasteiger partial charge on any atom is 0.332 e. The zero-order chi connectivity index (χ0) is 24.7. The van der Waals surface area contributed by atoms with E-state index < -0.39 is 5.69 Å². The predicted octanol–water partition coefficient (Wildman–Crippen LogP) is 3.22. The smallest absolute Gasteiger partial charge is 0.332 e. The second-order valence-corrected chi connectivity index (χ2v) is 10.2. The molecule has 1 fully saturated rings. The van der Waals surface area contributed by atoms with E-state index in [0.717, 1.165) is 47.3 Å². The summed E-state index contributed by atoms with van der Waals surface area (Å²) < 4.78 is 5.55. The van der Waals surface area contributed by atoms with E-state index in [0.29, 0.717) is 28.7 Å². The van der Waals surface area contributed by atoms with E-state index in [4.69, 9.17) is 16.6 Å². The van der Waals surface area contributed by atoms with Gasteiger partial charge in [-0.2, -0.15) is 4.98 Å². The molecule has 5 rings (SSSR count). The van der Waals surface area contributed by atoms with Crippen LogP contribution in [0.1, 0.15) is 11.1 Å². The van der Waals surface area contributed by atoms with Crippen molar-refractivity contribution in [3.63, 3.8) is 0 Å². The maximum atomic E-state index is 13.2. The molecule has 10 heteroatoms. The molecule has 0 atom stereocenters. The number of imidazole rings is 1. The van der Waals surface area contributed by atoms with E-state index >= 15 is 0 Å². The summed E-state index contributed by atoms with van der Waals surface area (Å²) >= 11 is 9.96. The highest BCUT2D eigenvalue weighted by atomic mass is 79.9. The zero-order valence-corrected chi connectivity index (χ0v) is 22.0. The Hall–Kier alpha value is -2.88. The summed E-state index contributed by atoms with van der Waals surface area (Å²) in [6, 6.07) is 16.0. The lowest BCUT2D eigenvalue weighted by Gasteiger charge is -2.35. The molecule has 3 heterocycles. The number of hydrogen-bond acceptors (Lipinski definition) is 5. The van der Waals surface area contributed by atoms with Crippen LogP contribution in [0.2, 0.25) is 5.02 Å². The lowest BCUT2D eigenvalue weighted by Crippen LogP contribution is -2.47. The molecular weight excluding hydrogens is 532 g/mol. The van der Waals surface area contributed by atoms with E-state index in [1.165, 1.54) is 17.2 Å². The van der Waals surface area contributed by atoms with Crippen molar-refractivity contribution in [3.8, 4) is 0 Å². The molecule has 8 nitrogen and oxygen atoms in total. The molecule has 182 valence electrons. The Morgan fingerprint density at radius 3 is 2.29 bits per heavy atom. The lowest BCUT2D eigenvalue weighted by atomic mass is 10.2. The minimum absolute atomic E-state index is 0.359. The van der Waals surface area contributed by atoms with Gasteiger partial charge in [-0.3, -0.25) is 23.4 Å². The third-order valence-electron chi connectivity index (χ3n) is 6.59. The number of benzene rings is 2. The van der Waals surface area contributed by atoms with Crippen LogP contribution in [0.15, 0.2) is 62.6 Å². The van der Waals surface area contributed by atoms with E-state index in [1.807, 2.05) is 28.8 Å². The predicted molar refractivity (Wildman–Crippen MR) is 142 cm³/mol. The summed E-state index contributed by atoms with van der Waals surface area (Å²) in [4.78, 5) is 35.2. The number of aryl methyl sites for hydroxylation is 1. The van der Waals surface area contributed by atoms with Crippen LogP contribution >= 0.6 is 27.5 Å². The first kappa shape index (κ1) is 23.8. The van der Waals surface area contributed by atoms with Crippen molar-refractivity contribution in [2.75, 3.05) is 31.1 Å². The van der Waals surface area contributed by atoms with Gasteiger partial charge in [0.15, 0.2) is 11.2 Å². The van der Waals surface area contributed by atoms with Gasteiger partial charge in [-0.15, -0.1) is 0 Å². The van der Waals surface area contributed by atoms with E-state index in [2.05, 4.69) is 50.0 Å². The molecule has 35 heavy (non-hydrogen) atoms. The highest BCUT2D eigenvalue weighted by molar-refractivity contribution is 9.10. The molecule has 0 radical (unpaired) electrons. The Kier molecular flexibility index (Phi) is 6.57. The number of piperazine rings is 1. The average Bonchev–Trinajstić information content (AvgIpc) is 3.24. The highest BCUT2D eigenvalue weighted by Gasteiger charge is 2.26. The van der Waals surface area contributed by atoms with Crippen molar-refractivity contribution in [1.82, 2.24) is 23.6 Å². The highest BCUT2D eigenvalue weighted by Crippen LogP contribution is 2.25. The summed E-state index contributed by atoms with van der Waals surface area (Å²) in [5.74, 6) is 0.682. The molecule has 1 aliphatic heterocycles. The van der Waals surface area contributed by atoms with Crippen LogP contribution in [0.25, 0.3) is 11.2 Å². The summed E-state index contributed by atoms with van der Waals surface area (Å²) in [7, 11) is 3.15. The molecule has 1 aliphatic rings. The third-order valence-corrected chi connectivity index (χ3v) is 7.49. The second kappa shape index (κ2) is 9.64. The molecule has 0 spiro atoms. The van der Waals surface area contributed by atoms with Crippen molar-refractivity contribution in [2.45, 2.75) is 13.1 Å². The molecule has 2 aromatic heterocycles. The molecule has 0 amide bonds. The van der Waals surface area contributed by atoms with Gasteiger partial charge in [-0.1, -0.05) is 57.9 Å². The quantitative estimate of drug-likeness (QED) is 0.377. The number of anilines is 1. The Morgan fingerprint density at radius 1 is 0.914 bits per heavy atom. The van der Waals surface area contributed by atoms with Crippen LogP contribution in [-0.2, 0) is 27.2 Å². The number of hydrogen-bond donors (Lipinski definition) is 0. The maximum absolute atomic E-state index is 13.2. The van der Waals surface area contributed by atoms with Crippen LogP contribution in [0.5, 0.6) is 0 Å². The average molecular weight is 558 g/mol. The summed E-state index contributed by atoms with van der Waals surface area (Å²) in [5, 5.41) is 0.626. The van der Waals surface area contributed by atoms with Crippen molar-refractivity contribution >= 4 is 44.6 Å². The largest absolute Gasteiger partial charge is 0.340 e. The zero-order valence-electron chi connectivity index (χ0n) is 19.6. The Balaban J connectivity index is 1.50. The Labute approximate surface area is 216 Å². The van der Waals surface area contributed by atoms with Crippen LogP contribution in [-0.4, -0.2) is 49.8 Å². The minimum atomic E-state index is -0.393. The number of rotatable bonds is 5. The molecule has 4 aromatic rings. The fourth-order valence-corrected chi connectivity index (χ4v) is 5.04. The van der Waals surface area contributed by atoms with Crippen LogP contribution in [0.3, 0.4) is 0 Å². The van der Waals surface area contributed by atoms with Crippen LogP contribution < -0.4 is 16.1 Å². The Bertz CT molecular complexity index is 1500. The van der Waals surface area contributed by atoms with Gasteiger partial charge in [0.2, 0.25) is 5.95 Å². The molecule has 0 saturated carbocycles. The van der Waals surface area contributed by atoms with E-state index in [9.17, 15) is 9.59 Å². The SMILES string of the molecule is Cn1c(=O)c2c(nc(N3CCN(Cc4ccc(Br)cc4)CC3)n2Cc2ccccc2Cl)n(C)c1=O. The second-order valence-electron chi connectivity index (χ2n) is 8.86. The van der Waals surface area contributed by atoms with Gasteiger partial charge >= 0.3 is 5.69 Å². The summed E-state index contributed by atoms with van der Waals surface area (Å²) in [6.45, 7) is 4.52. The molecular formula is C25H26BrClN6O2. The number of nitrogens with zero attached hydrogens (tertiary/aromatic N) is 6. The topological polar surface area (TPSA) is 68.3 Å². The minimum Gasteiger partial charge on any atom is -0.340 e. The fourth-order valence-electron chi connectivity index (χ4n) is 4.58. The first-order chi connectivity index (χ1) is 16.8. The number of halogens is 2. The van der Waals surface area contributed by atoms with Crippen molar-refractivity contribution in [3.05, 3.63) is 90.0 Å². The molecule has 0 aliphatic carbocycles. The monoisotopic (exact) mass is 556 g/mol. The van der Waals surface area contributed by atoms with Crippen molar-refractivity contribution in [2.24, 2.45) is 14.1 Å². The summed E-state index contributed by atoms with van der Waals surface area (Å²) in [6.07, 6.45) is 0. The fraction of sp³-hybridized carbons (Fsp3) is 0.320. The normalized spacial score (nSPS) is 14.7. The molecule has 0 unspecified atom stereocenters. The first-order valence-electron chi connectivity index (χ1n) is 11.4. The van der Waals surface area contributed by atoms with Gasteiger partial charge in [0.05, 0.1) is 6.54 Å². The number of aromatic nitrogens is 4. The van der Waals surface area contributed by atoms with Crippen molar-refractivity contribution in [1.29, 1.82) is 0 Å². The van der Waals surface area contributed by atoms with Crippen molar-refractivity contribution < 1.29 is 0 Å². The van der Waals surface area contributed by atoms with Gasteiger partial charge in [0, 0.05) is 56.3 Å². The lowest BCUT2D eigenvalue weighted by molar-refractivity contribution is 0.248. The van der Waals surface area contributed by atoms with Gasteiger partial charge in [-0.25, -0.2) is 4.79 Å². The Morgan fingerprint density at radius 2 is 1.60 bits per heavy atom. The first-order valence-corrected chi connectivity index (χ1v) is 12.6. The summed E-state index contributed by atoms with van der Waals surface area (Å²) in [5.41, 5.74) is 2.20. The standard InChI is InChI=1S/C25H26BrClN6O2/c1-29-22-21(23(34)30(2)25(29)35)33(16-18-5-3-4-6-20(18)27)24(28-22)32-13-11-31(12-14-32)15-17-7-9-19(26)10-8-17/h3-10H,11-16H2,1-2H3. The molecule has 2 aromatic carbocycles. The molecule has 0 N–H and O–H groups in total. The van der Waals surface area contributed by atoms with Gasteiger partial charge in [0.25, 0.3) is 5.56 Å². The van der Waals surface area contributed by atoms with Gasteiger partial charge in [0.1, 0.15) is 0 Å². The number of fused-ring (bicyclic) bond motifs is 1.